The molecule has 0 rings (SSSR count). The molecule has 0 radical (unpaired) electrons. The highest BCUT2D eigenvalue weighted by Gasteiger charge is 2.11. The van der Waals surface area contributed by atoms with Gasteiger partial charge in [-0.3, -0.25) is 0 Å². The minimum Gasteiger partial charge on any atom is -0.329 e. The van der Waals surface area contributed by atoms with Gasteiger partial charge in [0.05, 0.1) is 6.54 Å². The molecule has 64 valence electrons. The molecule has 0 aliphatic heterocycles. The summed E-state index contributed by atoms with van der Waals surface area (Å²) in [6, 6.07) is 0.371. The zero-order valence-corrected chi connectivity index (χ0v) is 7.43. The van der Waals surface area contributed by atoms with Crippen LogP contribution in [0.2, 0.25) is 0 Å². The molecule has 0 bridgehead atoms. The SMILES string of the molecule is C#CCNC(CN)C(C)CC. The maximum atomic E-state index is 5.56. The van der Waals surface area contributed by atoms with Gasteiger partial charge in [-0.05, 0) is 5.92 Å². The molecule has 0 aromatic carbocycles. The van der Waals surface area contributed by atoms with E-state index >= 15 is 0 Å². The summed E-state index contributed by atoms with van der Waals surface area (Å²) in [4.78, 5) is 0. The van der Waals surface area contributed by atoms with Crippen LogP contribution in [0.3, 0.4) is 0 Å². The summed E-state index contributed by atoms with van der Waals surface area (Å²) in [5.74, 6) is 3.15. The molecule has 0 amide bonds. The van der Waals surface area contributed by atoms with Crippen molar-refractivity contribution in [2.75, 3.05) is 13.1 Å². The van der Waals surface area contributed by atoms with Gasteiger partial charge in [0.2, 0.25) is 0 Å². The van der Waals surface area contributed by atoms with Gasteiger partial charge in [0.15, 0.2) is 0 Å². The number of nitrogens with two attached hydrogens (primary N) is 1. The van der Waals surface area contributed by atoms with Crippen LogP contribution in [0.4, 0.5) is 0 Å². The van der Waals surface area contributed by atoms with Gasteiger partial charge < -0.3 is 11.1 Å². The van der Waals surface area contributed by atoms with E-state index in [9.17, 15) is 0 Å². The number of hydrogen-bond donors (Lipinski definition) is 2. The Balaban J connectivity index is 3.67. The molecule has 2 nitrogen and oxygen atoms in total. The highest BCUT2D eigenvalue weighted by molar-refractivity contribution is 4.89. The molecule has 11 heavy (non-hydrogen) atoms. The lowest BCUT2D eigenvalue weighted by Gasteiger charge is -2.21. The summed E-state index contributed by atoms with van der Waals surface area (Å²) in [5.41, 5.74) is 5.56. The van der Waals surface area contributed by atoms with Gasteiger partial charge in [0.1, 0.15) is 0 Å². The molecule has 2 unspecified atom stereocenters. The normalized spacial score (nSPS) is 15.5. The fourth-order valence-corrected chi connectivity index (χ4v) is 0.991. The zero-order chi connectivity index (χ0) is 8.69. The molecule has 0 fully saturated rings. The molecule has 0 saturated heterocycles. The fraction of sp³-hybridized carbons (Fsp3) is 0.778. The molecule has 2 heteroatoms. The smallest absolute Gasteiger partial charge is 0.0576 e. The van der Waals surface area contributed by atoms with Crippen molar-refractivity contribution >= 4 is 0 Å². The molecule has 0 saturated carbocycles. The molecule has 0 aliphatic carbocycles. The predicted molar refractivity (Wildman–Crippen MR) is 49.1 cm³/mol. The second-order valence-corrected chi connectivity index (χ2v) is 2.81. The quantitative estimate of drug-likeness (QED) is 0.569. The van der Waals surface area contributed by atoms with Gasteiger partial charge in [-0.2, -0.15) is 0 Å². The Morgan fingerprint density at radius 2 is 2.27 bits per heavy atom. The van der Waals surface area contributed by atoms with Crippen LogP contribution in [0.1, 0.15) is 20.3 Å². The maximum Gasteiger partial charge on any atom is 0.0576 e. The molecular formula is C9H18N2. The van der Waals surface area contributed by atoms with Crippen molar-refractivity contribution in [1.82, 2.24) is 5.32 Å². The third-order valence-electron chi connectivity index (χ3n) is 2.05. The first-order chi connectivity index (χ1) is 5.26. The Bertz CT molecular complexity index is 126. The first-order valence-electron chi connectivity index (χ1n) is 4.13. The summed E-state index contributed by atoms with van der Waals surface area (Å²) in [6.45, 7) is 5.62. The topological polar surface area (TPSA) is 38.0 Å². The maximum absolute atomic E-state index is 5.56. The van der Waals surface area contributed by atoms with Gasteiger partial charge in [-0.1, -0.05) is 26.2 Å². The van der Waals surface area contributed by atoms with E-state index in [0.717, 1.165) is 6.42 Å². The van der Waals surface area contributed by atoms with Crippen LogP contribution in [-0.2, 0) is 0 Å². The number of terminal acetylenes is 1. The average molecular weight is 154 g/mol. The number of rotatable bonds is 5. The predicted octanol–water partition coefficient (Wildman–Crippen LogP) is 0.583. The van der Waals surface area contributed by atoms with Gasteiger partial charge in [0.25, 0.3) is 0 Å². The van der Waals surface area contributed by atoms with E-state index in [1.807, 2.05) is 0 Å². The first kappa shape index (κ1) is 10.5. The van der Waals surface area contributed by atoms with Gasteiger partial charge >= 0.3 is 0 Å². The van der Waals surface area contributed by atoms with Gasteiger partial charge in [0, 0.05) is 12.6 Å². The van der Waals surface area contributed by atoms with Crippen LogP contribution in [0.5, 0.6) is 0 Å². The lowest BCUT2D eigenvalue weighted by Crippen LogP contribution is -2.41. The lowest BCUT2D eigenvalue weighted by molar-refractivity contribution is 0.387. The van der Waals surface area contributed by atoms with Crippen LogP contribution in [0, 0.1) is 18.3 Å². The van der Waals surface area contributed by atoms with Crippen molar-refractivity contribution in [3.05, 3.63) is 0 Å². The Morgan fingerprint density at radius 3 is 2.64 bits per heavy atom. The van der Waals surface area contributed by atoms with Crippen LogP contribution < -0.4 is 11.1 Å². The van der Waals surface area contributed by atoms with E-state index < -0.39 is 0 Å². The van der Waals surface area contributed by atoms with Crippen molar-refractivity contribution in [3.8, 4) is 12.3 Å². The average Bonchev–Trinajstić information content (AvgIpc) is 2.05. The monoisotopic (exact) mass is 154 g/mol. The third kappa shape index (κ3) is 4.02. The van der Waals surface area contributed by atoms with Crippen molar-refractivity contribution in [3.63, 3.8) is 0 Å². The van der Waals surface area contributed by atoms with E-state index in [1.165, 1.54) is 0 Å². The lowest BCUT2D eigenvalue weighted by atomic mass is 9.99. The van der Waals surface area contributed by atoms with E-state index in [4.69, 9.17) is 12.2 Å². The third-order valence-corrected chi connectivity index (χ3v) is 2.05. The molecule has 2 atom stereocenters. The minimum absolute atomic E-state index is 0.371. The Labute approximate surface area is 69.5 Å². The standard InChI is InChI=1S/C9H18N2/c1-4-6-11-9(7-10)8(3)5-2/h1,8-9,11H,5-7,10H2,2-3H3. The second-order valence-electron chi connectivity index (χ2n) is 2.81. The fourth-order valence-electron chi connectivity index (χ4n) is 0.991. The minimum atomic E-state index is 0.371. The Hall–Kier alpha value is -0.520. The van der Waals surface area contributed by atoms with E-state index in [2.05, 4.69) is 25.1 Å². The molecule has 0 aromatic rings. The van der Waals surface area contributed by atoms with Gasteiger partial charge in [-0.25, -0.2) is 0 Å². The van der Waals surface area contributed by atoms with Crippen LogP contribution in [0.25, 0.3) is 0 Å². The van der Waals surface area contributed by atoms with E-state index in [0.29, 0.717) is 25.0 Å². The van der Waals surface area contributed by atoms with Crippen molar-refractivity contribution in [2.24, 2.45) is 11.7 Å². The van der Waals surface area contributed by atoms with Crippen LogP contribution >= 0.6 is 0 Å². The number of hydrogen-bond acceptors (Lipinski definition) is 2. The van der Waals surface area contributed by atoms with Crippen LogP contribution in [-0.4, -0.2) is 19.1 Å². The van der Waals surface area contributed by atoms with Crippen molar-refractivity contribution in [2.45, 2.75) is 26.3 Å². The molecule has 0 spiro atoms. The van der Waals surface area contributed by atoms with Crippen molar-refractivity contribution in [1.29, 1.82) is 0 Å². The molecule has 0 aromatic heterocycles. The summed E-state index contributed by atoms with van der Waals surface area (Å²) < 4.78 is 0. The highest BCUT2D eigenvalue weighted by atomic mass is 14.9. The summed E-state index contributed by atoms with van der Waals surface area (Å²) in [7, 11) is 0. The molecule has 3 N–H and O–H groups in total. The summed E-state index contributed by atoms with van der Waals surface area (Å²) >= 11 is 0. The highest BCUT2D eigenvalue weighted by Crippen LogP contribution is 2.05. The number of nitrogens with one attached hydrogen (secondary N) is 1. The van der Waals surface area contributed by atoms with E-state index in [1.54, 1.807) is 0 Å². The molecule has 0 heterocycles. The molecule has 0 aliphatic rings. The summed E-state index contributed by atoms with van der Waals surface area (Å²) in [6.07, 6.45) is 6.26. The Morgan fingerprint density at radius 1 is 1.64 bits per heavy atom. The van der Waals surface area contributed by atoms with Crippen molar-refractivity contribution < 1.29 is 0 Å². The zero-order valence-electron chi connectivity index (χ0n) is 7.43. The first-order valence-corrected chi connectivity index (χ1v) is 4.13. The van der Waals surface area contributed by atoms with Gasteiger partial charge in [-0.15, -0.1) is 6.42 Å². The largest absolute Gasteiger partial charge is 0.329 e. The second kappa shape index (κ2) is 6.21. The van der Waals surface area contributed by atoms with Crippen LogP contribution in [0.15, 0.2) is 0 Å². The summed E-state index contributed by atoms with van der Waals surface area (Å²) in [5, 5.41) is 3.21. The Kier molecular flexibility index (Phi) is 5.91. The molecular weight excluding hydrogens is 136 g/mol. The van der Waals surface area contributed by atoms with E-state index in [-0.39, 0.29) is 0 Å².